The highest BCUT2D eigenvalue weighted by molar-refractivity contribution is 8.01. The van der Waals surface area contributed by atoms with Crippen LogP contribution in [-0.4, -0.2) is 57.7 Å². The molecule has 0 saturated carbocycles. The van der Waals surface area contributed by atoms with Crippen molar-refractivity contribution in [2.75, 3.05) is 6.79 Å². The third kappa shape index (κ3) is 4.87. The first-order valence-corrected chi connectivity index (χ1v) is 11.0. The third-order valence-electron chi connectivity index (χ3n) is 5.19. The summed E-state index contributed by atoms with van der Waals surface area (Å²) in [7, 11) is 0. The Bertz CT molecular complexity index is 880. The summed E-state index contributed by atoms with van der Waals surface area (Å²) in [5, 5.41) is 2.44. The SMILES string of the molecule is CC(C)(C)C(=O)OCOC(=O)[C@@H]1N2C(=O)[C@@H](NC(=O)Cc3ccccc3)[C@H]2SC1(C)C. The molecule has 0 aromatic heterocycles. The van der Waals surface area contributed by atoms with E-state index in [1.54, 1.807) is 20.8 Å². The van der Waals surface area contributed by atoms with Crippen LogP contribution in [0.2, 0.25) is 0 Å². The number of hydrogen-bond acceptors (Lipinski definition) is 7. The monoisotopic (exact) mass is 448 g/mol. The summed E-state index contributed by atoms with van der Waals surface area (Å²) in [6.07, 6.45) is 0.177. The normalized spacial score (nSPS) is 24.1. The number of rotatable bonds is 6. The van der Waals surface area contributed by atoms with Crippen molar-refractivity contribution in [1.29, 1.82) is 0 Å². The van der Waals surface area contributed by atoms with Crippen molar-refractivity contribution in [3.05, 3.63) is 35.9 Å². The van der Waals surface area contributed by atoms with E-state index in [-0.39, 0.29) is 23.6 Å². The zero-order valence-corrected chi connectivity index (χ0v) is 19.2. The van der Waals surface area contributed by atoms with Crippen LogP contribution in [-0.2, 0) is 35.1 Å². The highest BCUT2D eigenvalue weighted by Gasteiger charge is 2.64. The molecule has 0 spiro atoms. The summed E-state index contributed by atoms with van der Waals surface area (Å²) in [4.78, 5) is 51.1. The molecule has 0 radical (unpaired) electrons. The lowest BCUT2D eigenvalue weighted by Gasteiger charge is -2.43. The number of hydrogen-bond donors (Lipinski definition) is 1. The maximum atomic E-state index is 12.8. The molecular weight excluding hydrogens is 420 g/mol. The van der Waals surface area contributed by atoms with E-state index in [9.17, 15) is 19.2 Å². The molecule has 1 aromatic rings. The van der Waals surface area contributed by atoms with Gasteiger partial charge in [0, 0.05) is 4.75 Å². The van der Waals surface area contributed by atoms with Gasteiger partial charge in [-0.25, -0.2) is 4.79 Å². The number of thioether (sulfide) groups is 1. The third-order valence-corrected chi connectivity index (χ3v) is 6.76. The van der Waals surface area contributed by atoms with Gasteiger partial charge in [-0.05, 0) is 40.2 Å². The number of nitrogens with one attached hydrogen (secondary N) is 1. The molecule has 31 heavy (non-hydrogen) atoms. The molecule has 168 valence electrons. The molecule has 1 aromatic carbocycles. The molecule has 3 rings (SSSR count). The van der Waals surface area contributed by atoms with E-state index in [2.05, 4.69) is 5.32 Å². The quantitative estimate of drug-likeness (QED) is 0.403. The standard InChI is InChI=1S/C22H28N2O6S/c1-21(2,3)20(28)30-12-29-19(27)16-22(4,5)31-18-15(17(26)24(16)18)23-14(25)11-13-9-7-6-8-10-13/h6-10,15-16,18H,11-12H2,1-5H3,(H,23,25)/t15-,16+,18-/m1/s1. The van der Waals surface area contributed by atoms with Crippen molar-refractivity contribution in [3.63, 3.8) is 0 Å². The Morgan fingerprint density at radius 3 is 2.39 bits per heavy atom. The Balaban J connectivity index is 1.58. The van der Waals surface area contributed by atoms with Crippen LogP contribution in [0.1, 0.15) is 40.2 Å². The zero-order valence-electron chi connectivity index (χ0n) is 18.3. The Kier molecular flexibility index (Phi) is 6.36. The second-order valence-corrected chi connectivity index (χ2v) is 11.0. The average molecular weight is 449 g/mol. The van der Waals surface area contributed by atoms with Crippen LogP contribution in [0.15, 0.2) is 30.3 Å². The van der Waals surface area contributed by atoms with E-state index in [4.69, 9.17) is 9.47 Å². The van der Waals surface area contributed by atoms with Crippen LogP contribution in [0, 0.1) is 5.41 Å². The van der Waals surface area contributed by atoms with Crippen LogP contribution >= 0.6 is 11.8 Å². The lowest BCUT2D eigenvalue weighted by Crippen LogP contribution is -2.70. The Morgan fingerprint density at radius 1 is 1.13 bits per heavy atom. The van der Waals surface area contributed by atoms with E-state index in [1.165, 1.54) is 16.7 Å². The first-order chi connectivity index (χ1) is 14.4. The average Bonchev–Trinajstić information content (AvgIpc) is 2.94. The first-order valence-electron chi connectivity index (χ1n) is 10.1. The Morgan fingerprint density at radius 2 is 1.77 bits per heavy atom. The largest absolute Gasteiger partial charge is 0.427 e. The fourth-order valence-corrected chi connectivity index (χ4v) is 5.19. The van der Waals surface area contributed by atoms with Gasteiger partial charge in [-0.15, -0.1) is 11.8 Å². The molecule has 2 aliphatic heterocycles. The smallest absolute Gasteiger partial charge is 0.333 e. The van der Waals surface area contributed by atoms with E-state index < -0.39 is 41.0 Å². The molecule has 3 atom stereocenters. The molecule has 2 aliphatic rings. The second-order valence-electron chi connectivity index (χ2n) is 9.23. The summed E-state index contributed by atoms with van der Waals surface area (Å²) in [6.45, 7) is 8.28. The fraction of sp³-hybridized carbons (Fsp3) is 0.545. The molecule has 8 nitrogen and oxygen atoms in total. The number of β-lactam (4-membered cyclic amide) rings is 1. The molecule has 1 N–H and O–H groups in total. The molecule has 0 bridgehead atoms. The lowest BCUT2D eigenvalue weighted by molar-refractivity contribution is -0.180. The molecule has 9 heteroatoms. The number of amides is 2. The predicted octanol–water partition coefficient (Wildman–Crippen LogP) is 1.87. The highest BCUT2D eigenvalue weighted by atomic mass is 32.2. The minimum atomic E-state index is -0.828. The van der Waals surface area contributed by atoms with Gasteiger partial charge in [0.1, 0.15) is 17.5 Å². The topological polar surface area (TPSA) is 102 Å². The van der Waals surface area contributed by atoms with Crippen LogP contribution in [0.5, 0.6) is 0 Å². The van der Waals surface area contributed by atoms with Crippen LogP contribution < -0.4 is 5.32 Å². The first kappa shape index (κ1) is 23.1. The van der Waals surface area contributed by atoms with Gasteiger partial charge < -0.3 is 19.7 Å². The van der Waals surface area contributed by atoms with E-state index in [0.29, 0.717) is 0 Å². The van der Waals surface area contributed by atoms with Gasteiger partial charge in [0.2, 0.25) is 18.6 Å². The molecule has 0 aliphatic carbocycles. The van der Waals surface area contributed by atoms with Gasteiger partial charge in [-0.3, -0.25) is 14.4 Å². The van der Waals surface area contributed by atoms with Gasteiger partial charge in [0.15, 0.2) is 0 Å². The number of ether oxygens (including phenoxy) is 2. The minimum Gasteiger partial charge on any atom is -0.427 e. The maximum Gasteiger partial charge on any atom is 0.333 e. The number of benzene rings is 1. The highest BCUT2D eigenvalue weighted by Crippen LogP contribution is 2.51. The van der Waals surface area contributed by atoms with Crippen molar-refractivity contribution in [1.82, 2.24) is 10.2 Å². The lowest BCUT2D eigenvalue weighted by atomic mass is 9.96. The Hall–Kier alpha value is -2.55. The van der Waals surface area contributed by atoms with Gasteiger partial charge >= 0.3 is 11.9 Å². The van der Waals surface area contributed by atoms with Crippen molar-refractivity contribution in [2.24, 2.45) is 5.41 Å². The van der Waals surface area contributed by atoms with Crippen molar-refractivity contribution in [3.8, 4) is 0 Å². The molecule has 2 heterocycles. The Labute approximate surface area is 186 Å². The van der Waals surface area contributed by atoms with Crippen LogP contribution in [0.4, 0.5) is 0 Å². The number of fused-ring (bicyclic) bond motifs is 1. The van der Waals surface area contributed by atoms with Gasteiger partial charge in [0.05, 0.1) is 11.8 Å². The van der Waals surface area contributed by atoms with Crippen molar-refractivity contribution in [2.45, 2.75) is 63.2 Å². The van der Waals surface area contributed by atoms with E-state index in [0.717, 1.165) is 5.56 Å². The number of esters is 2. The predicted molar refractivity (Wildman–Crippen MR) is 115 cm³/mol. The summed E-state index contributed by atoms with van der Waals surface area (Å²) in [5.74, 6) is -1.69. The molecule has 2 saturated heterocycles. The summed E-state index contributed by atoms with van der Waals surface area (Å²) < 4.78 is 9.52. The van der Waals surface area contributed by atoms with Gasteiger partial charge in [0.25, 0.3) is 0 Å². The van der Waals surface area contributed by atoms with Gasteiger partial charge in [-0.1, -0.05) is 30.3 Å². The van der Waals surface area contributed by atoms with Crippen LogP contribution in [0.25, 0.3) is 0 Å². The molecule has 2 amide bonds. The van der Waals surface area contributed by atoms with E-state index >= 15 is 0 Å². The zero-order chi connectivity index (χ0) is 23.0. The summed E-state index contributed by atoms with van der Waals surface area (Å²) in [6, 6.07) is 7.75. The fourth-order valence-electron chi connectivity index (χ4n) is 3.57. The van der Waals surface area contributed by atoms with Crippen LogP contribution in [0.3, 0.4) is 0 Å². The summed E-state index contributed by atoms with van der Waals surface area (Å²) in [5.41, 5.74) is 0.146. The van der Waals surface area contributed by atoms with E-state index in [1.807, 2.05) is 44.2 Å². The second kappa shape index (κ2) is 8.53. The summed E-state index contributed by atoms with van der Waals surface area (Å²) >= 11 is 1.44. The molecule has 2 fully saturated rings. The number of nitrogens with zero attached hydrogens (tertiary/aromatic N) is 1. The number of carbonyl (C=O) groups is 4. The van der Waals surface area contributed by atoms with Crippen molar-refractivity contribution >= 4 is 35.5 Å². The maximum absolute atomic E-state index is 12.8. The molecule has 0 unspecified atom stereocenters. The molecular formula is C22H28N2O6S. The van der Waals surface area contributed by atoms with Crippen molar-refractivity contribution < 1.29 is 28.7 Å². The minimum absolute atomic E-state index is 0.177. The van der Waals surface area contributed by atoms with Gasteiger partial charge in [-0.2, -0.15) is 0 Å². The number of carbonyl (C=O) groups excluding carboxylic acids is 4.